The Hall–Kier alpha value is -3.04. The van der Waals surface area contributed by atoms with Crippen LogP contribution >= 0.6 is 0 Å². The Labute approximate surface area is 250 Å². The first-order valence-electron chi connectivity index (χ1n) is 12.7. The fourth-order valence-electron chi connectivity index (χ4n) is 4.81. The van der Waals surface area contributed by atoms with Crippen LogP contribution in [0.25, 0.3) is 22.2 Å². The number of aromatic nitrogens is 7. The van der Waals surface area contributed by atoms with Gasteiger partial charge in [-0.25, -0.2) is 23.1 Å². The number of imidazole rings is 1. The van der Waals surface area contributed by atoms with E-state index in [1.54, 1.807) is 12.4 Å². The third-order valence-electron chi connectivity index (χ3n) is 7.03. The normalized spacial score (nSPS) is 19.2. The van der Waals surface area contributed by atoms with Crippen molar-refractivity contribution in [3.8, 4) is 5.88 Å². The third-order valence-corrected chi connectivity index (χ3v) is 8.43. The molecule has 40 heavy (non-hydrogen) atoms. The number of rotatable bonds is 8. The molecule has 210 valence electrons. The Morgan fingerprint density at radius 2 is 1.93 bits per heavy atom. The van der Waals surface area contributed by atoms with Crippen LogP contribution in [0.2, 0.25) is 0 Å². The van der Waals surface area contributed by atoms with Crippen LogP contribution in [0, 0.1) is 12.8 Å². The molecule has 6 rings (SSSR count). The van der Waals surface area contributed by atoms with Gasteiger partial charge in [0.05, 0.1) is 17.3 Å². The molecule has 3 atom stereocenters. The van der Waals surface area contributed by atoms with Crippen molar-refractivity contribution in [1.29, 1.82) is 0 Å². The average Bonchev–Trinajstić information content (AvgIpc) is 3.65. The van der Waals surface area contributed by atoms with Gasteiger partial charge in [0.2, 0.25) is 10.0 Å². The van der Waals surface area contributed by atoms with E-state index in [9.17, 15) is 8.42 Å². The molecule has 0 bridgehead atoms. The van der Waals surface area contributed by atoms with Gasteiger partial charge in [-0.05, 0) is 54.7 Å². The van der Waals surface area contributed by atoms with Crippen molar-refractivity contribution >= 4 is 58.8 Å². The zero-order chi connectivity index (χ0) is 27.1. The van der Waals surface area contributed by atoms with E-state index in [1.807, 2.05) is 35.8 Å². The molecule has 1 aliphatic heterocycles. The van der Waals surface area contributed by atoms with Crippen molar-refractivity contribution in [2.75, 3.05) is 0 Å². The minimum atomic E-state index is -3.81. The summed E-state index contributed by atoms with van der Waals surface area (Å²) >= 11 is 0. The molecule has 0 spiro atoms. The first-order chi connectivity index (χ1) is 18.8. The summed E-state index contributed by atoms with van der Waals surface area (Å²) in [5.41, 5.74) is 3.78. The second-order valence-corrected chi connectivity index (χ2v) is 11.5. The van der Waals surface area contributed by atoms with Gasteiger partial charge in [0.25, 0.3) is 5.88 Å². The van der Waals surface area contributed by atoms with Crippen LogP contribution in [-0.2, 0) is 21.3 Å². The van der Waals surface area contributed by atoms with Crippen LogP contribution < -0.4 is 9.56 Å². The standard InChI is InChI=1S/C26H28N8O4S.Po.2H/c1-4-22-17(3)11-23(37-22)33-15-29-24-25(33)27-14-28-26(24)38-34-21-12-19(9-10-20(21)31-32-34)39(35,36)30-13-18-7-5-16(2)6-8-18;;;/h5-10,12,14-15,17,22-23,30H,4,11,13H2,1-3H3;;;/t17?,22-,23-;;;/m1.../s1. The summed E-state index contributed by atoms with van der Waals surface area (Å²) in [6, 6.07) is 12.2. The van der Waals surface area contributed by atoms with Gasteiger partial charge in [0, 0.05) is 6.54 Å². The predicted molar refractivity (Wildman–Crippen MR) is 151 cm³/mol. The van der Waals surface area contributed by atoms with E-state index in [0.29, 0.717) is 28.1 Å². The number of ether oxygens (including phenoxy) is 1. The van der Waals surface area contributed by atoms with E-state index in [1.165, 1.54) is 18.5 Å². The van der Waals surface area contributed by atoms with Crippen LogP contribution in [0.15, 0.2) is 60.0 Å². The number of hydrogen-bond acceptors (Lipinski definition) is 9. The Morgan fingerprint density at radius 1 is 1.12 bits per heavy atom. The maximum atomic E-state index is 13.0. The summed E-state index contributed by atoms with van der Waals surface area (Å²) < 4.78 is 36.8. The second-order valence-electron chi connectivity index (χ2n) is 9.77. The number of nitrogens with one attached hydrogen (secondary N) is 1. The van der Waals surface area contributed by atoms with Crippen LogP contribution in [0.4, 0.5) is 0 Å². The Bertz CT molecular complexity index is 1760. The molecule has 2 aromatic carbocycles. The van der Waals surface area contributed by atoms with E-state index in [-0.39, 0.29) is 56.2 Å². The molecule has 1 unspecified atom stereocenters. The number of sulfonamides is 1. The van der Waals surface area contributed by atoms with E-state index in [2.05, 4.69) is 43.8 Å². The van der Waals surface area contributed by atoms with Gasteiger partial charge >= 0.3 is 26.6 Å². The molecule has 1 saturated heterocycles. The summed E-state index contributed by atoms with van der Waals surface area (Å²) in [5.74, 6) is 0.586. The fourth-order valence-corrected chi connectivity index (χ4v) is 5.85. The van der Waals surface area contributed by atoms with E-state index >= 15 is 0 Å². The molecular formula is C26H30N8O4PoS. The van der Waals surface area contributed by atoms with Gasteiger partial charge in [-0.2, -0.15) is 4.98 Å². The first kappa shape index (κ1) is 28.5. The Morgan fingerprint density at radius 3 is 2.67 bits per heavy atom. The Balaban J connectivity index is 0.00000323. The third kappa shape index (κ3) is 5.46. The number of benzene rings is 2. The minimum absolute atomic E-state index is 0. The van der Waals surface area contributed by atoms with Crippen LogP contribution in [-0.4, -0.2) is 75.8 Å². The SMILES string of the molecule is CC[C@H]1O[C@@H](n2cnc3c(On4nnc5ccc(S(=O)(=O)NCc6ccc(C)cc6)cc54)ncnc32)CC1C.[PoH2]. The average molecular weight is 760 g/mol. The van der Waals surface area contributed by atoms with Crippen molar-refractivity contribution in [3.63, 3.8) is 0 Å². The second kappa shape index (κ2) is 11.4. The molecule has 5 aromatic rings. The number of aryl methyl sites for hydroxylation is 1. The maximum absolute atomic E-state index is 13.0. The molecular weight excluding hydrogens is 729 g/mol. The van der Waals surface area contributed by atoms with Gasteiger partial charge in [-0.1, -0.05) is 48.5 Å². The van der Waals surface area contributed by atoms with Gasteiger partial charge < -0.3 is 9.57 Å². The number of fused-ring (bicyclic) bond motifs is 2. The molecule has 0 aliphatic carbocycles. The number of nitrogens with zero attached hydrogens (tertiary/aromatic N) is 7. The van der Waals surface area contributed by atoms with Crippen molar-refractivity contribution in [3.05, 3.63) is 66.2 Å². The molecule has 3 aromatic heterocycles. The summed E-state index contributed by atoms with van der Waals surface area (Å²) in [7, 11) is -3.81. The molecule has 0 saturated carbocycles. The van der Waals surface area contributed by atoms with Crippen molar-refractivity contribution in [1.82, 2.24) is 39.4 Å². The van der Waals surface area contributed by atoms with E-state index < -0.39 is 10.0 Å². The molecule has 1 fully saturated rings. The van der Waals surface area contributed by atoms with Crippen molar-refractivity contribution in [2.24, 2.45) is 5.92 Å². The van der Waals surface area contributed by atoms with Gasteiger partial charge in [-0.3, -0.25) is 4.57 Å². The quantitative estimate of drug-likeness (QED) is 0.253. The summed E-state index contributed by atoms with van der Waals surface area (Å²) in [4.78, 5) is 20.3. The zero-order valence-electron chi connectivity index (χ0n) is 22.2. The summed E-state index contributed by atoms with van der Waals surface area (Å²) in [5, 5.41) is 8.14. The summed E-state index contributed by atoms with van der Waals surface area (Å²) in [6.07, 6.45) is 4.86. The van der Waals surface area contributed by atoms with Crippen LogP contribution in [0.1, 0.15) is 44.0 Å². The molecule has 1 aliphatic rings. The monoisotopic (exact) mass is 759 g/mol. The van der Waals surface area contributed by atoms with Crippen molar-refractivity contribution in [2.45, 2.75) is 57.4 Å². The molecule has 0 amide bonds. The first-order valence-corrected chi connectivity index (χ1v) is 14.2. The molecule has 12 nitrogen and oxygen atoms in total. The van der Waals surface area contributed by atoms with Crippen LogP contribution in [0.5, 0.6) is 5.88 Å². The van der Waals surface area contributed by atoms with E-state index in [4.69, 9.17) is 9.57 Å². The topological polar surface area (TPSA) is 139 Å². The van der Waals surface area contributed by atoms with Gasteiger partial charge in [0.1, 0.15) is 23.6 Å². The number of hydrogen-bond donors (Lipinski definition) is 1. The summed E-state index contributed by atoms with van der Waals surface area (Å²) in [6.45, 7) is 6.44. The molecule has 4 heterocycles. The zero-order valence-corrected chi connectivity index (χ0v) is 26.9. The Kier molecular flexibility index (Phi) is 8.15. The van der Waals surface area contributed by atoms with Gasteiger partial charge in [0.15, 0.2) is 11.2 Å². The fraction of sp³-hybridized carbons (Fsp3) is 0.346. The van der Waals surface area contributed by atoms with E-state index in [0.717, 1.165) is 28.8 Å². The molecule has 0 radical (unpaired) electrons. The van der Waals surface area contributed by atoms with Gasteiger partial charge in [-0.15, -0.1) is 5.10 Å². The van der Waals surface area contributed by atoms with Crippen LogP contribution in [0.3, 0.4) is 0 Å². The predicted octanol–water partition coefficient (Wildman–Crippen LogP) is 2.62. The molecule has 14 heteroatoms. The molecule has 1 N–H and O–H groups in total. The van der Waals surface area contributed by atoms with Crippen molar-refractivity contribution < 1.29 is 18.0 Å².